The first-order valence-corrected chi connectivity index (χ1v) is 7.25. The average molecular weight is 261 g/mol. The van der Waals surface area contributed by atoms with Crippen LogP contribution in [0.2, 0.25) is 5.02 Å². The molecule has 1 aromatic carbocycles. The number of rotatable bonds is 4. The number of halogens is 1. The fourth-order valence-corrected chi connectivity index (χ4v) is 3.42. The molecule has 0 fully saturated rings. The van der Waals surface area contributed by atoms with Crippen molar-refractivity contribution in [2.24, 2.45) is 0 Å². The fourth-order valence-electron chi connectivity index (χ4n) is 1.18. The normalized spacial score (nSPS) is 11.4. The molecule has 3 heteroatoms. The van der Waals surface area contributed by atoms with E-state index >= 15 is 0 Å². The first kappa shape index (κ1) is 13.3. The van der Waals surface area contributed by atoms with E-state index in [9.17, 15) is 0 Å². The Morgan fingerprint density at radius 2 is 1.47 bits per heavy atom. The highest BCUT2D eigenvalue weighted by molar-refractivity contribution is 8.02. The van der Waals surface area contributed by atoms with Crippen molar-refractivity contribution in [2.45, 2.75) is 48.0 Å². The number of hydrogen-bond acceptors (Lipinski definition) is 2. The summed E-state index contributed by atoms with van der Waals surface area (Å²) in [5.74, 6) is 0. The van der Waals surface area contributed by atoms with Gasteiger partial charge in [0.2, 0.25) is 0 Å². The highest BCUT2D eigenvalue weighted by atomic mass is 35.5. The van der Waals surface area contributed by atoms with Crippen molar-refractivity contribution in [2.75, 3.05) is 0 Å². The van der Waals surface area contributed by atoms with Gasteiger partial charge in [-0.1, -0.05) is 39.3 Å². The van der Waals surface area contributed by atoms with E-state index in [4.69, 9.17) is 11.6 Å². The summed E-state index contributed by atoms with van der Waals surface area (Å²) in [7, 11) is 0. The Hall–Kier alpha value is 0.210. The van der Waals surface area contributed by atoms with Gasteiger partial charge < -0.3 is 0 Å². The highest BCUT2D eigenvalue weighted by Gasteiger charge is 2.08. The molecule has 0 N–H and O–H groups in total. The van der Waals surface area contributed by atoms with Crippen LogP contribution in [-0.4, -0.2) is 10.5 Å². The predicted octanol–water partition coefficient (Wildman–Crippen LogP) is 5.34. The lowest BCUT2D eigenvalue weighted by molar-refractivity contribution is 1.08. The van der Waals surface area contributed by atoms with Gasteiger partial charge in [0, 0.05) is 25.3 Å². The Morgan fingerprint density at radius 1 is 0.933 bits per heavy atom. The van der Waals surface area contributed by atoms with Gasteiger partial charge in [-0.15, -0.1) is 23.5 Å². The molecule has 0 bridgehead atoms. The van der Waals surface area contributed by atoms with Gasteiger partial charge in [-0.25, -0.2) is 0 Å². The molecule has 0 heterocycles. The maximum absolute atomic E-state index is 6.01. The quantitative estimate of drug-likeness (QED) is 0.670. The van der Waals surface area contributed by atoms with Crippen LogP contribution in [-0.2, 0) is 0 Å². The topological polar surface area (TPSA) is 0 Å². The van der Waals surface area contributed by atoms with Gasteiger partial charge in [0.05, 0.1) is 0 Å². The average Bonchev–Trinajstić information content (AvgIpc) is 2.08. The maximum Gasteiger partial charge on any atom is 0.0417 e. The number of thioether (sulfide) groups is 2. The monoisotopic (exact) mass is 260 g/mol. The van der Waals surface area contributed by atoms with Gasteiger partial charge in [0.15, 0.2) is 0 Å². The molecule has 0 saturated carbocycles. The van der Waals surface area contributed by atoms with Crippen molar-refractivity contribution in [1.82, 2.24) is 0 Å². The van der Waals surface area contributed by atoms with Gasteiger partial charge in [-0.05, 0) is 18.2 Å². The molecule has 0 atom stereocenters. The van der Waals surface area contributed by atoms with E-state index < -0.39 is 0 Å². The van der Waals surface area contributed by atoms with Gasteiger partial charge in [0.1, 0.15) is 0 Å². The summed E-state index contributed by atoms with van der Waals surface area (Å²) in [5.41, 5.74) is 0. The molecule has 84 valence electrons. The summed E-state index contributed by atoms with van der Waals surface area (Å²) >= 11 is 9.79. The van der Waals surface area contributed by atoms with Crippen LogP contribution in [0.25, 0.3) is 0 Å². The predicted molar refractivity (Wildman–Crippen MR) is 73.4 cm³/mol. The Labute approximate surface area is 106 Å². The summed E-state index contributed by atoms with van der Waals surface area (Å²) < 4.78 is 0. The molecule has 1 aromatic rings. The third-order valence-electron chi connectivity index (χ3n) is 1.63. The third kappa shape index (κ3) is 4.71. The smallest absolute Gasteiger partial charge is 0.0417 e. The Bertz CT molecular complexity index is 321. The van der Waals surface area contributed by atoms with Crippen LogP contribution in [0.5, 0.6) is 0 Å². The lowest BCUT2D eigenvalue weighted by Crippen LogP contribution is -1.91. The van der Waals surface area contributed by atoms with Crippen molar-refractivity contribution in [3.63, 3.8) is 0 Å². The van der Waals surface area contributed by atoms with E-state index in [0.717, 1.165) is 5.02 Å². The second-order valence-electron chi connectivity index (χ2n) is 3.92. The minimum atomic E-state index is 0.593. The molecule has 1 rings (SSSR count). The van der Waals surface area contributed by atoms with Crippen LogP contribution in [0.1, 0.15) is 27.7 Å². The van der Waals surface area contributed by atoms with Gasteiger partial charge in [-0.2, -0.15) is 0 Å². The molecule has 0 unspecified atom stereocenters. The molecule has 0 aliphatic heterocycles. The van der Waals surface area contributed by atoms with Crippen molar-refractivity contribution in [3.8, 4) is 0 Å². The first-order chi connectivity index (χ1) is 6.99. The standard InChI is InChI=1S/C12H17ClS2/c1-8(2)14-11-6-5-10(13)7-12(11)15-9(3)4/h5-9H,1-4H3. The van der Waals surface area contributed by atoms with Crippen LogP contribution in [0, 0.1) is 0 Å². The summed E-state index contributed by atoms with van der Waals surface area (Å²) in [5, 5.41) is 2.03. The Kier molecular flexibility index (Phi) is 5.37. The molecule has 15 heavy (non-hydrogen) atoms. The van der Waals surface area contributed by atoms with Crippen LogP contribution in [0.3, 0.4) is 0 Å². The molecular formula is C12H17ClS2. The molecule has 0 saturated heterocycles. The minimum Gasteiger partial charge on any atom is -0.122 e. The van der Waals surface area contributed by atoms with Crippen LogP contribution < -0.4 is 0 Å². The van der Waals surface area contributed by atoms with Gasteiger partial charge >= 0.3 is 0 Å². The van der Waals surface area contributed by atoms with E-state index in [2.05, 4.69) is 39.8 Å². The summed E-state index contributed by atoms with van der Waals surface area (Å²) in [4.78, 5) is 2.64. The summed E-state index contributed by atoms with van der Waals surface area (Å²) in [6, 6.07) is 6.16. The number of hydrogen-bond donors (Lipinski definition) is 0. The van der Waals surface area contributed by atoms with Crippen LogP contribution >= 0.6 is 35.1 Å². The SMILES string of the molecule is CC(C)Sc1ccc(Cl)cc1SC(C)C. The second kappa shape index (κ2) is 6.07. The molecule has 0 aromatic heterocycles. The van der Waals surface area contributed by atoms with Crippen molar-refractivity contribution < 1.29 is 0 Å². The second-order valence-corrected chi connectivity index (χ2v) is 7.60. The molecular weight excluding hydrogens is 244 g/mol. The third-order valence-corrected chi connectivity index (χ3v) is 4.14. The largest absolute Gasteiger partial charge is 0.122 e. The lowest BCUT2D eigenvalue weighted by atomic mass is 10.4. The number of benzene rings is 1. The molecule has 0 nitrogen and oxygen atoms in total. The zero-order chi connectivity index (χ0) is 11.4. The van der Waals surface area contributed by atoms with Crippen molar-refractivity contribution in [1.29, 1.82) is 0 Å². The van der Waals surface area contributed by atoms with Crippen molar-refractivity contribution >= 4 is 35.1 Å². The van der Waals surface area contributed by atoms with E-state index in [1.165, 1.54) is 9.79 Å². The molecule has 0 radical (unpaired) electrons. The molecule has 0 aliphatic carbocycles. The van der Waals surface area contributed by atoms with Gasteiger partial charge in [0.25, 0.3) is 0 Å². The maximum atomic E-state index is 6.01. The first-order valence-electron chi connectivity index (χ1n) is 5.12. The van der Waals surface area contributed by atoms with E-state index in [-0.39, 0.29) is 0 Å². The zero-order valence-electron chi connectivity index (χ0n) is 9.58. The summed E-state index contributed by atoms with van der Waals surface area (Å²) in [6.45, 7) is 8.83. The zero-order valence-corrected chi connectivity index (χ0v) is 12.0. The molecule has 0 spiro atoms. The van der Waals surface area contributed by atoms with Gasteiger partial charge in [-0.3, -0.25) is 0 Å². The van der Waals surface area contributed by atoms with Crippen LogP contribution in [0.4, 0.5) is 0 Å². The molecule has 0 amide bonds. The van der Waals surface area contributed by atoms with Crippen LogP contribution in [0.15, 0.2) is 28.0 Å². The highest BCUT2D eigenvalue weighted by Crippen LogP contribution is 2.36. The lowest BCUT2D eigenvalue weighted by Gasteiger charge is -2.12. The Morgan fingerprint density at radius 3 is 2.00 bits per heavy atom. The summed E-state index contributed by atoms with van der Waals surface area (Å²) in [6.07, 6.45) is 0. The van der Waals surface area contributed by atoms with E-state index in [1.54, 1.807) is 0 Å². The molecule has 0 aliphatic rings. The van der Waals surface area contributed by atoms with E-state index in [1.807, 2.05) is 29.6 Å². The van der Waals surface area contributed by atoms with Crippen molar-refractivity contribution in [3.05, 3.63) is 23.2 Å². The Balaban J connectivity index is 2.92. The minimum absolute atomic E-state index is 0.593. The fraction of sp³-hybridized carbons (Fsp3) is 0.500. The van der Waals surface area contributed by atoms with E-state index in [0.29, 0.717) is 10.5 Å².